The number of nitrogens with zero attached hydrogens (tertiary/aromatic N) is 1. The first-order chi connectivity index (χ1) is 5.68. The molecule has 4 heteroatoms. The Balaban J connectivity index is 2.92. The van der Waals surface area contributed by atoms with Crippen LogP contribution in [0.4, 0.5) is 0 Å². The van der Waals surface area contributed by atoms with E-state index in [9.17, 15) is 0 Å². The highest BCUT2D eigenvalue weighted by molar-refractivity contribution is 9.10. The summed E-state index contributed by atoms with van der Waals surface area (Å²) in [6, 6.07) is 3.94. The van der Waals surface area contributed by atoms with E-state index in [4.69, 9.17) is 11.6 Å². The summed E-state index contributed by atoms with van der Waals surface area (Å²) in [5, 5.41) is 8.60. The van der Waals surface area contributed by atoms with Gasteiger partial charge in [0, 0.05) is 5.39 Å². The molecule has 1 aromatic heterocycles. The van der Waals surface area contributed by atoms with E-state index in [-0.39, 0.29) is 0 Å². The number of halogens is 2. The topological polar surface area (TPSA) is 28.7 Å². The Morgan fingerprint density at radius 3 is 3.00 bits per heavy atom. The lowest BCUT2D eigenvalue weighted by molar-refractivity contribution is 1.10. The molecule has 1 heterocycles. The predicted octanol–water partition coefficient (Wildman–Crippen LogP) is 3.29. The van der Waals surface area contributed by atoms with Crippen LogP contribution in [0.3, 0.4) is 0 Å². The van der Waals surface area contributed by atoms with Gasteiger partial charge in [-0.25, -0.2) is 0 Å². The van der Waals surface area contributed by atoms with E-state index < -0.39 is 0 Å². The minimum Gasteiger partial charge on any atom is -0.270 e. The molecular weight excluding hydrogens is 239 g/mol. The van der Waals surface area contributed by atoms with Gasteiger partial charge in [0.05, 0.1) is 5.02 Å². The molecule has 1 N–H and O–H groups in total. The number of aromatic amines is 1. The second kappa shape index (κ2) is 2.75. The molecule has 0 aliphatic heterocycles. The van der Waals surface area contributed by atoms with Crippen LogP contribution in [0, 0.1) is 6.92 Å². The molecule has 0 atom stereocenters. The van der Waals surface area contributed by atoms with Gasteiger partial charge in [0.15, 0.2) is 0 Å². The number of hydrogen-bond acceptors (Lipinski definition) is 1. The zero-order chi connectivity index (χ0) is 8.72. The monoisotopic (exact) mass is 244 g/mol. The molecular formula is C8H6BrClN2. The standard InChI is InChI=1S/C8H6BrClN2/c1-4-2-5-7(6(10)3-4)11-12-8(5)9/h2-3H,1H3,(H,11,12). The van der Waals surface area contributed by atoms with Crippen molar-refractivity contribution in [2.24, 2.45) is 0 Å². The normalized spacial score (nSPS) is 10.9. The molecule has 0 amide bonds. The van der Waals surface area contributed by atoms with Gasteiger partial charge in [0.2, 0.25) is 0 Å². The van der Waals surface area contributed by atoms with Crippen LogP contribution in [0.15, 0.2) is 16.7 Å². The highest BCUT2D eigenvalue weighted by Crippen LogP contribution is 2.27. The summed E-state index contributed by atoms with van der Waals surface area (Å²) in [7, 11) is 0. The van der Waals surface area contributed by atoms with Crippen molar-refractivity contribution in [1.82, 2.24) is 10.2 Å². The molecule has 0 saturated carbocycles. The van der Waals surface area contributed by atoms with Gasteiger partial charge >= 0.3 is 0 Å². The molecule has 0 aliphatic carbocycles. The summed E-state index contributed by atoms with van der Waals surface area (Å²) in [4.78, 5) is 0. The number of benzene rings is 1. The third kappa shape index (κ3) is 1.13. The van der Waals surface area contributed by atoms with Crippen LogP contribution in [0.2, 0.25) is 5.02 Å². The summed E-state index contributed by atoms with van der Waals surface area (Å²) in [6.45, 7) is 2.00. The maximum atomic E-state index is 5.97. The van der Waals surface area contributed by atoms with Crippen LogP contribution in [0.5, 0.6) is 0 Å². The van der Waals surface area contributed by atoms with Crippen molar-refractivity contribution in [2.75, 3.05) is 0 Å². The van der Waals surface area contributed by atoms with Gasteiger partial charge in [-0.15, -0.1) is 0 Å². The third-order valence-corrected chi connectivity index (χ3v) is 2.60. The highest BCUT2D eigenvalue weighted by Gasteiger charge is 2.06. The SMILES string of the molecule is Cc1cc(Cl)c2n[nH]c(Br)c2c1. The molecule has 2 aromatic rings. The summed E-state index contributed by atoms with van der Waals surface area (Å²) < 4.78 is 0.878. The molecule has 12 heavy (non-hydrogen) atoms. The number of hydrogen-bond donors (Lipinski definition) is 1. The number of aromatic nitrogens is 2. The second-order valence-electron chi connectivity index (χ2n) is 2.68. The summed E-state index contributed by atoms with van der Waals surface area (Å²) >= 11 is 9.33. The number of nitrogens with one attached hydrogen (secondary N) is 1. The zero-order valence-electron chi connectivity index (χ0n) is 6.36. The van der Waals surface area contributed by atoms with Crippen molar-refractivity contribution < 1.29 is 0 Å². The quantitative estimate of drug-likeness (QED) is 0.758. The first kappa shape index (κ1) is 8.08. The van der Waals surface area contributed by atoms with E-state index in [0.717, 1.165) is 21.1 Å². The van der Waals surface area contributed by atoms with Crippen LogP contribution >= 0.6 is 27.5 Å². The fourth-order valence-electron chi connectivity index (χ4n) is 1.18. The third-order valence-electron chi connectivity index (χ3n) is 1.71. The van der Waals surface area contributed by atoms with Crippen molar-refractivity contribution in [1.29, 1.82) is 0 Å². The van der Waals surface area contributed by atoms with Crippen LogP contribution < -0.4 is 0 Å². The predicted molar refractivity (Wildman–Crippen MR) is 53.5 cm³/mol. The van der Waals surface area contributed by atoms with Gasteiger partial charge in [-0.05, 0) is 40.5 Å². The lowest BCUT2D eigenvalue weighted by Gasteiger charge is -1.94. The molecule has 0 aliphatic rings. The van der Waals surface area contributed by atoms with Gasteiger partial charge < -0.3 is 0 Å². The number of fused-ring (bicyclic) bond motifs is 1. The van der Waals surface area contributed by atoms with Gasteiger partial charge in [0.25, 0.3) is 0 Å². The van der Waals surface area contributed by atoms with Gasteiger partial charge in [0.1, 0.15) is 10.1 Å². The number of aryl methyl sites for hydroxylation is 1. The Bertz CT molecular complexity index is 436. The molecule has 0 fully saturated rings. The van der Waals surface area contributed by atoms with Crippen LogP contribution in [0.25, 0.3) is 10.9 Å². The first-order valence-corrected chi connectivity index (χ1v) is 4.65. The van der Waals surface area contributed by atoms with Crippen molar-refractivity contribution >= 4 is 38.4 Å². The lowest BCUT2D eigenvalue weighted by Crippen LogP contribution is -1.74. The molecule has 0 saturated heterocycles. The molecule has 2 rings (SSSR count). The summed E-state index contributed by atoms with van der Waals surface area (Å²) in [5.41, 5.74) is 1.95. The maximum absolute atomic E-state index is 5.97. The first-order valence-electron chi connectivity index (χ1n) is 3.48. The largest absolute Gasteiger partial charge is 0.270 e. The molecule has 62 valence electrons. The Hall–Kier alpha value is -0.540. The van der Waals surface area contributed by atoms with Crippen molar-refractivity contribution in [3.05, 3.63) is 27.3 Å². The minimum atomic E-state index is 0.687. The molecule has 0 radical (unpaired) electrons. The Morgan fingerprint density at radius 1 is 1.50 bits per heavy atom. The van der Waals surface area contributed by atoms with E-state index in [1.165, 1.54) is 0 Å². The average Bonchev–Trinajstić information content (AvgIpc) is 2.33. The molecule has 2 nitrogen and oxygen atoms in total. The fraction of sp³-hybridized carbons (Fsp3) is 0.125. The van der Waals surface area contributed by atoms with Gasteiger partial charge in [-0.1, -0.05) is 11.6 Å². The Labute approximate surface area is 83.0 Å². The lowest BCUT2D eigenvalue weighted by atomic mass is 10.2. The zero-order valence-corrected chi connectivity index (χ0v) is 8.70. The van der Waals surface area contributed by atoms with E-state index in [1.54, 1.807) is 0 Å². The molecule has 1 aromatic carbocycles. The van der Waals surface area contributed by atoms with E-state index in [1.807, 2.05) is 19.1 Å². The van der Waals surface area contributed by atoms with Crippen LogP contribution in [-0.4, -0.2) is 10.2 Å². The molecule has 0 unspecified atom stereocenters. The van der Waals surface area contributed by atoms with Gasteiger partial charge in [-0.2, -0.15) is 5.10 Å². The van der Waals surface area contributed by atoms with Crippen molar-refractivity contribution in [2.45, 2.75) is 6.92 Å². The van der Waals surface area contributed by atoms with E-state index in [2.05, 4.69) is 26.1 Å². The van der Waals surface area contributed by atoms with Crippen molar-refractivity contribution in [3.8, 4) is 0 Å². The molecule has 0 spiro atoms. The fourth-order valence-corrected chi connectivity index (χ4v) is 1.89. The summed E-state index contributed by atoms with van der Waals surface area (Å²) in [6.07, 6.45) is 0. The summed E-state index contributed by atoms with van der Waals surface area (Å²) in [5.74, 6) is 0. The number of rotatable bonds is 0. The van der Waals surface area contributed by atoms with E-state index >= 15 is 0 Å². The molecule has 0 bridgehead atoms. The van der Waals surface area contributed by atoms with E-state index in [0.29, 0.717) is 5.02 Å². The smallest absolute Gasteiger partial charge is 0.112 e. The Morgan fingerprint density at radius 2 is 2.25 bits per heavy atom. The Kier molecular flexibility index (Phi) is 1.85. The second-order valence-corrected chi connectivity index (χ2v) is 3.88. The van der Waals surface area contributed by atoms with Crippen molar-refractivity contribution in [3.63, 3.8) is 0 Å². The van der Waals surface area contributed by atoms with Gasteiger partial charge in [-0.3, -0.25) is 5.10 Å². The minimum absolute atomic E-state index is 0.687. The van der Waals surface area contributed by atoms with Crippen LogP contribution in [0.1, 0.15) is 5.56 Å². The average molecular weight is 246 g/mol. The number of H-pyrrole nitrogens is 1. The highest BCUT2D eigenvalue weighted by atomic mass is 79.9. The van der Waals surface area contributed by atoms with Crippen LogP contribution in [-0.2, 0) is 0 Å². The maximum Gasteiger partial charge on any atom is 0.112 e.